The van der Waals surface area contributed by atoms with Gasteiger partial charge in [0, 0.05) is 6.08 Å². The third-order valence-corrected chi connectivity index (χ3v) is 0.397. The molecule has 7 heavy (non-hydrogen) atoms. The van der Waals surface area contributed by atoms with E-state index in [-0.39, 0.29) is 5.76 Å². The molecule has 0 aliphatic rings. The molecule has 0 heterocycles. The van der Waals surface area contributed by atoms with Crippen molar-refractivity contribution in [3.63, 3.8) is 0 Å². The van der Waals surface area contributed by atoms with E-state index in [4.69, 9.17) is 5.11 Å². The van der Waals surface area contributed by atoms with Crippen molar-refractivity contribution in [3.8, 4) is 0 Å². The summed E-state index contributed by atoms with van der Waals surface area (Å²) in [4.78, 5) is 0. The van der Waals surface area contributed by atoms with Gasteiger partial charge < -0.3 is 9.84 Å². The molecule has 1 N–H and O–H groups in total. The first-order chi connectivity index (χ1) is 3.27. The van der Waals surface area contributed by atoms with Gasteiger partial charge in [0.25, 0.3) is 0 Å². The van der Waals surface area contributed by atoms with E-state index in [1.165, 1.54) is 19.4 Å². The van der Waals surface area contributed by atoms with Crippen molar-refractivity contribution in [2.75, 3.05) is 7.11 Å². The van der Waals surface area contributed by atoms with Crippen LogP contribution in [0.2, 0.25) is 0 Å². The van der Waals surface area contributed by atoms with Crippen LogP contribution in [0.5, 0.6) is 0 Å². The Hall–Kier alpha value is -0.920. The average Bonchev–Trinajstić information content (AvgIpc) is 1.61. The molecular formula is C5H8O2. The van der Waals surface area contributed by atoms with Gasteiger partial charge in [-0.15, -0.1) is 0 Å². The van der Waals surface area contributed by atoms with Gasteiger partial charge in [-0.05, 0) is 0 Å². The highest BCUT2D eigenvalue weighted by molar-refractivity contribution is 5.01. The fraction of sp³-hybridized carbons (Fsp3) is 0.200. The minimum absolute atomic E-state index is 0.00171. The van der Waals surface area contributed by atoms with Crippen LogP contribution < -0.4 is 0 Å². The Kier molecular flexibility index (Phi) is 2.85. The zero-order valence-corrected chi connectivity index (χ0v) is 4.22. The lowest BCUT2D eigenvalue weighted by atomic mass is 10.5. The average molecular weight is 100 g/mol. The van der Waals surface area contributed by atoms with E-state index in [0.717, 1.165) is 0 Å². The number of ether oxygens (including phenoxy) is 1. The van der Waals surface area contributed by atoms with Crippen LogP contribution >= 0.6 is 0 Å². The van der Waals surface area contributed by atoms with Crippen LogP contribution in [0.1, 0.15) is 0 Å². The fourth-order valence-corrected chi connectivity index (χ4v) is 0.147. The van der Waals surface area contributed by atoms with E-state index in [1.54, 1.807) is 0 Å². The monoisotopic (exact) mass is 100 g/mol. The maximum Gasteiger partial charge on any atom is 0.111 e. The lowest BCUT2D eigenvalue weighted by Gasteiger charge is -1.83. The van der Waals surface area contributed by atoms with Crippen molar-refractivity contribution < 1.29 is 9.84 Å². The quantitative estimate of drug-likeness (QED) is 0.417. The molecule has 0 amide bonds. The van der Waals surface area contributed by atoms with Crippen molar-refractivity contribution in [2.45, 2.75) is 0 Å². The topological polar surface area (TPSA) is 29.5 Å². The minimum Gasteiger partial charge on any atom is -0.508 e. The molecule has 0 radical (unpaired) electrons. The fourth-order valence-electron chi connectivity index (χ4n) is 0.147. The van der Waals surface area contributed by atoms with Gasteiger partial charge >= 0.3 is 0 Å². The molecule has 0 aromatic heterocycles. The molecule has 0 unspecified atom stereocenters. The number of aliphatic hydroxyl groups is 1. The summed E-state index contributed by atoms with van der Waals surface area (Å²) in [5.41, 5.74) is 0. The first-order valence-corrected chi connectivity index (χ1v) is 1.84. The zero-order chi connectivity index (χ0) is 5.70. The van der Waals surface area contributed by atoms with Crippen LogP contribution in [0.25, 0.3) is 0 Å². The molecule has 0 saturated carbocycles. The second kappa shape index (κ2) is 3.28. The zero-order valence-electron chi connectivity index (χ0n) is 4.22. The molecule has 0 rings (SSSR count). The molecule has 0 aliphatic carbocycles. The molecule has 0 aromatic rings. The van der Waals surface area contributed by atoms with Crippen LogP contribution in [0.15, 0.2) is 24.7 Å². The number of aliphatic hydroxyl groups excluding tert-OH is 1. The van der Waals surface area contributed by atoms with Crippen LogP contribution in [-0.4, -0.2) is 12.2 Å². The highest BCUT2D eigenvalue weighted by Gasteiger charge is 1.70. The van der Waals surface area contributed by atoms with E-state index in [1.807, 2.05) is 0 Å². The van der Waals surface area contributed by atoms with Crippen LogP contribution in [0.3, 0.4) is 0 Å². The second-order valence-corrected chi connectivity index (χ2v) is 1.03. The Morgan fingerprint density at radius 3 is 2.57 bits per heavy atom. The minimum atomic E-state index is 0.00171. The molecule has 0 saturated heterocycles. The van der Waals surface area contributed by atoms with E-state index in [2.05, 4.69) is 11.3 Å². The molecule has 2 nitrogen and oxygen atoms in total. The predicted octanol–water partition coefficient (Wildman–Crippen LogP) is 1.22. The predicted molar refractivity (Wildman–Crippen MR) is 27.9 cm³/mol. The summed E-state index contributed by atoms with van der Waals surface area (Å²) >= 11 is 0. The van der Waals surface area contributed by atoms with Gasteiger partial charge in [-0.3, -0.25) is 0 Å². The Balaban J connectivity index is 3.26. The SMILES string of the molecule is C=C(O)/C=C/OC. The standard InChI is InChI=1S/C5H8O2/c1-5(6)3-4-7-2/h3-4,6H,1H2,2H3/b4-3+. The lowest BCUT2D eigenvalue weighted by molar-refractivity contribution is 0.333. The lowest BCUT2D eigenvalue weighted by Crippen LogP contribution is -1.68. The Bertz CT molecular complexity index is 84.1. The van der Waals surface area contributed by atoms with Crippen LogP contribution in [0, 0.1) is 0 Å². The molecule has 0 atom stereocenters. The van der Waals surface area contributed by atoms with Crippen molar-refractivity contribution in [2.24, 2.45) is 0 Å². The van der Waals surface area contributed by atoms with E-state index in [9.17, 15) is 0 Å². The first-order valence-electron chi connectivity index (χ1n) is 1.84. The number of hydrogen-bond donors (Lipinski definition) is 1. The summed E-state index contributed by atoms with van der Waals surface area (Å²) in [5.74, 6) is 0.00171. The van der Waals surface area contributed by atoms with Gasteiger partial charge in [0.1, 0.15) is 5.76 Å². The van der Waals surface area contributed by atoms with Crippen molar-refractivity contribution in [1.82, 2.24) is 0 Å². The van der Waals surface area contributed by atoms with Crippen LogP contribution in [-0.2, 0) is 4.74 Å². The van der Waals surface area contributed by atoms with Crippen molar-refractivity contribution in [1.29, 1.82) is 0 Å². The molecule has 0 aliphatic heterocycles. The third-order valence-electron chi connectivity index (χ3n) is 0.397. The summed E-state index contributed by atoms with van der Waals surface area (Å²) in [7, 11) is 1.50. The van der Waals surface area contributed by atoms with Crippen LogP contribution in [0.4, 0.5) is 0 Å². The highest BCUT2D eigenvalue weighted by atomic mass is 16.5. The molecule has 0 spiro atoms. The van der Waals surface area contributed by atoms with Gasteiger partial charge in [0.2, 0.25) is 0 Å². The number of rotatable bonds is 2. The second-order valence-electron chi connectivity index (χ2n) is 1.03. The normalized spacial score (nSPS) is 9.29. The largest absolute Gasteiger partial charge is 0.508 e. The number of allylic oxidation sites excluding steroid dienone is 1. The summed E-state index contributed by atoms with van der Waals surface area (Å²) < 4.78 is 4.45. The number of methoxy groups -OCH3 is 1. The van der Waals surface area contributed by atoms with Crippen molar-refractivity contribution >= 4 is 0 Å². The molecule has 2 heteroatoms. The van der Waals surface area contributed by atoms with Gasteiger partial charge in [-0.25, -0.2) is 0 Å². The third kappa shape index (κ3) is 5.08. The van der Waals surface area contributed by atoms with E-state index < -0.39 is 0 Å². The molecular weight excluding hydrogens is 92.1 g/mol. The van der Waals surface area contributed by atoms with Gasteiger partial charge in [0.05, 0.1) is 13.4 Å². The van der Waals surface area contributed by atoms with Gasteiger partial charge in [-0.2, -0.15) is 0 Å². The summed E-state index contributed by atoms with van der Waals surface area (Å²) in [6, 6.07) is 0. The van der Waals surface area contributed by atoms with Gasteiger partial charge in [-0.1, -0.05) is 6.58 Å². The molecule has 0 bridgehead atoms. The van der Waals surface area contributed by atoms with Crippen molar-refractivity contribution in [3.05, 3.63) is 24.7 Å². The Morgan fingerprint density at radius 2 is 2.43 bits per heavy atom. The van der Waals surface area contributed by atoms with E-state index >= 15 is 0 Å². The molecule has 40 valence electrons. The Labute approximate surface area is 42.7 Å². The van der Waals surface area contributed by atoms with Gasteiger partial charge in [0.15, 0.2) is 0 Å². The molecule has 0 aromatic carbocycles. The maximum absolute atomic E-state index is 8.32. The summed E-state index contributed by atoms with van der Waals surface area (Å²) in [6.07, 6.45) is 2.71. The first kappa shape index (κ1) is 6.08. The highest BCUT2D eigenvalue weighted by Crippen LogP contribution is 1.82. The smallest absolute Gasteiger partial charge is 0.111 e. The maximum atomic E-state index is 8.32. The van der Waals surface area contributed by atoms with E-state index in [0.29, 0.717) is 0 Å². The molecule has 0 fully saturated rings. The Morgan fingerprint density at radius 1 is 1.86 bits per heavy atom. The summed E-state index contributed by atoms with van der Waals surface area (Å²) in [6.45, 7) is 3.18. The summed E-state index contributed by atoms with van der Waals surface area (Å²) in [5, 5.41) is 8.32. The number of hydrogen-bond acceptors (Lipinski definition) is 2.